The Kier molecular flexibility index (Phi) is 5.07. The summed E-state index contributed by atoms with van der Waals surface area (Å²) in [6.45, 7) is 6.64. The predicted octanol–water partition coefficient (Wildman–Crippen LogP) is 3.98. The normalized spacial score (nSPS) is 27.1. The molecule has 2 atom stereocenters. The van der Waals surface area contributed by atoms with Crippen LogP contribution in [0, 0.1) is 17.8 Å². The van der Waals surface area contributed by atoms with Crippen LogP contribution in [0.1, 0.15) is 52.9 Å². The average Bonchev–Trinajstić information content (AvgIpc) is 2.49. The van der Waals surface area contributed by atoms with Gasteiger partial charge in [0.25, 0.3) is 0 Å². The molecule has 1 aliphatic rings. The van der Waals surface area contributed by atoms with Gasteiger partial charge in [-0.15, -0.1) is 0 Å². The molecule has 1 unspecified atom stereocenters. The van der Waals surface area contributed by atoms with Crippen LogP contribution < -0.4 is 0 Å². The minimum absolute atomic E-state index is 0.329. The van der Waals surface area contributed by atoms with E-state index in [1.54, 1.807) is 0 Å². The zero-order valence-electron chi connectivity index (χ0n) is 10.3. The Morgan fingerprint density at radius 1 is 1.40 bits per heavy atom. The highest BCUT2D eigenvalue weighted by Gasteiger charge is 2.33. The number of hydrogen-bond acceptors (Lipinski definition) is 1. The third-order valence-corrected chi connectivity index (χ3v) is 3.31. The molecule has 0 aromatic heterocycles. The van der Waals surface area contributed by atoms with Crippen LogP contribution in [0.4, 0.5) is 0 Å². The van der Waals surface area contributed by atoms with Crippen molar-refractivity contribution in [3.05, 3.63) is 12.2 Å². The van der Waals surface area contributed by atoms with Crippen LogP contribution in [0.15, 0.2) is 12.2 Å². The lowest BCUT2D eigenvalue weighted by molar-refractivity contribution is -0.121. The molecule has 0 radical (unpaired) electrons. The van der Waals surface area contributed by atoms with Gasteiger partial charge in [0.2, 0.25) is 0 Å². The number of carbonyl (C=O) groups is 1. The maximum absolute atomic E-state index is 11.7. The van der Waals surface area contributed by atoms with Crippen molar-refractivity contribution in [3.8, 4) is 0 Å². The first-order chi connectivity index (χ1) is 7.15. The molecule has 0 aliphatic heterocycles. The van der Waals surface area contributed by atoms with E-state index in [1.165, 1.54) is 6.42 Å². The molecule has 86 valence electrons. The van der Waals surface area contributed by atoms with Crippen molar-refractivity contribution in [1.29, 1.82) is 0 Å². The van der Waals surface area contributed by atoms with E-state index in [1.807, 2.05) is 0 Å². The van der Waals surface area contributed by atoms with Crippen molar-refractivity contribution in [2.24, 2.45) is 17.8 Å². The third-order valence-electron chi connectivity index (χ3n) is 3.31. The number of hydrogen-bond donors (Lipinski definition) is 0. The summed E-state index contributed by atoms with van der Waals surface area (Å²) in [5, 5.41) is 0. The first-order valence-electron chi connectivity index (χ1n) is 6.32. The molecule has 1 nitrogen and oxygen atoms in total. The second-order valence-electron chi connectivity index (χ2n) is 5.12. The van der Waals surface area contributed by atoms with Gasteiger partial charge in [-0.25, -0.2) is 0 Å². The Bertz CT molecular complexity index is 227. The molecule has 0 N–H and O–H groups in total. The molecule has 0 spiro atoms. The number of carbonyl (C=O) groups excluding carboxylic acids is 1. The molecule has 0 bridgehead atoms. The van der Waals surface area contributed by atoms with Gasteiger partial charge in [0, 0.05) is 12.3 Å². The maximum atomic E-state index is 11.7. The van der Waals surface area contributed by atoms with Crippen LogP contribution in [-0.4, -0.2) is 5.78 Å². The summed E-state index contributed by atoms with van der Waals surface area (Å²) < 4.78 is 0. The van der Waals surface area contributed by atoms with Gasteiger partial charge in [0.1, 0.15) is 5.78 Å². The van der Waals surface area contributed by atoms with Gasteiger partial charge in [0.15, 0.2) is 0 Å². The highest BCUT2D eigenvalue weighted by Crippen LogP contribution is 2.35. The summed E-state index contributed by atoms with van der Waals surface area (Å²) in [6, 6.07) is 0. The van der Waals surface area contributed by atoms with E-state index in [4.69, 9.17) is 0 Å². The summed E-state index contributed by atoms with van der Waals surface area (Å²) in [5.41, 5.74) is 0. The van der Waals surface area contributed by atoms with Crippen LogP contribution in [0.5, 0.6) is 0 Å². The van der Waals surface area contributed by atoms with Crippen molar-refractivity contribution in [2.75, 3.05) is 0 Å². The van der Waals surface area contributed by atoms with E-state index < -0.39 is 0 Å². The predicted molar refractivity (Wildman–Crippen MR) is 64.7 cm³/mol. The molecule has 0 heterocycles. The van der Waals surface area contributed by atoms with Gasteiger partial charge in [-0.2, -0.15) is 0 Å². The third kappa shape index (κ3) is 3.81. The van der Waals surface area contributed by atoms with Crippen molar-refractivity contribution in [2.45, 2.75) is 52.9 Å². The Morgan fingerprint density at radius 3 is 2.73 bits per heavy atom. The van der Waals surface area contributed by atoms with Crippen LogP contribution in [0.25, 0.3) is 0 Å². The largest absolute Gasteiger partial charge is 0.299 e. The summed E-state index contributed by atoms with van der Waals surface area (Å²) in [6.07, 6.45) is 9.60. The average molecular weight is 208 g/mol. The Hall–Kier alpha value is -0.590. The molecule has 1 rings (SSSR count). The van der Waals surface area contributed by atoms with Gasteiger partial charge in [-0.3, -0.25) is 4.79 Å². The molecular weight excluding hydrogens is 184 g/mol. The highest BCUT2D eigenvalue weighted by atomic mass is 16.1. The fraction of sp³-hybridized carbons (Fsp3) is 0.786. The van der Waals surface area contributed by atoms with Crippen molar-refractivity contribution >= 4 is 5.78 Å². The summed E-state index contributed by atoms with van der Waals surface area (Å²) in [5.74, 6) is 2.20. The molecular formula is C14H24O. The van der Waals surface area contributed by atoms with Crippen LogP contribution in [-0.2, 0) is 4.79 Å². The summed E-state index contributed by atoms with van der Waals surface area (Å²) in [7, 11) is 0. The van der Waals surface area contributed by atoms with E-state index in [2.05, 4.69) is 32.9 Å². The monoisotopic (exact) mass is 208 g/mol. The van der Waals surface area contributed by atoms with Gasteiger partial charge in [-0.1, -0.05) is 32.9 Å². The lowest BCUT2D eigenvalue weighted by atomic mass is 9.86. The number of allylic oxidation sites excluding steroid dienone is 2. The lowest BCUT2D eigenvalue weighted by Gasteiger charge is -2.18. The number of ketones is 1. The second-order valence-corrected chi connectivity index (χ2v) is 5.12. The first-order valence-corrected chi connectivity index (χ1v) is 6.32. The minimum atomic E-state index is 0.329. The Morgan fingerprint density at radius 2 is 2.13 bits per heavy atom. The topological polar surface area (TPSA) is 17.1 Å². The van der Waals surface area contributed by atoms with E-state index in [9.17, 15) is 4.79 Å². The van der Waals surface area contributed by atoms with E-state index in [0.717, 1.165) is 31.6 Å². The fourth-order valence-electron chi connectivity index (χ4n) is 2.60. The maximum Gasteiger partial charge on any atom is 0.136 e. The fourth-order valence-corrected chi connectivity index (χ4v) is 2.60. The highest BCUT2D eigenvalue weighted by molar-refractivity contribution is 5.83. The molecule has 1 saturated carbocycles. The Labute approximate surface area is 93.9 Å². The minimum Gasteiger partial charge on any atom is -0.299 e. The molecule has 0 amide bonds. The van der Waals surface area contributed by atoms with E-state index in [-0.39, 0.29) is 0 Å². The number of rotatable bonds is 5. The first kappa shape index (κ1) is 12.5. The molecule has 0 saturated heterocycles. The van der Waals surface area contributed by atoms with Gasteiger partial charge >= 0.3 is 0 Å². The SMILES string of the molecule is CC/C=C\CC1C(=O)CC[C@@H]1CC(C)C. The Balaban J connectivity index is 2.49. The zero-order chi connectivity index (χ0) is 11.3. The molecule has 1 heteroatoms. The van der Waals surface area contributed by atoms with E-state index in [0.29, 0.717) is 17.6 Å². The van der Waals surface area contributed by atoms with Crippen molar-refractivity contribution in [1.82, 2.24) is 0 Å². The summed E-state index contributed by atoms with van der Waals surface area (Å²) in [4.78, 5) is 11.7. The zero-order valence-corrected chi connectivity index (χ0v) is 10.3. The molecule has 1 aliphatic carbocycles. The van der Waals surface area contributed by atoms with Crippen LogP contribution in [0.2, 0.25) is 0 Å². The van der Waals surface area contributed by atoms with Crippen molar-refractivity contribution < 1.29 is 4.79 Å². The number of Topliss-reactive ketones (excluding diaryl/α,β-unsaturated/α-hetero) is 1. The molecule has 0 aromatic carbocycles. The second kappa shape index (κ2) is 6.09. The quantitative estimate of drug-likeness (QED) is 0.624. The van der Waals surface area contributed by atoms with Gasteiger partial charge < -0.3 is 0 Å². The summed E-state index contributed by atoms with van der Waals surface area (Å²) >= 11 is 0. The lowest BCUT2D eigenvalue weighted by Crippen LogP contribution is -2.15. The molecule has 1 fully saturated rings. The van der Waals surface area contributed by atoms with Crippen LogP contribution >= 0.6 is 0 Å². The van der Waals surface area contributed by atoms with Gasteiger partial charge in [0.05, 0.1) is 0 Å². The molecule has 15 heavy (non-hydrogen) atoms. The van der Waals surface area contributed by atoms with Crippen LogP contribution in [0.3, 0.4) is 0 Å². The standard InChI is InChI=1S/C14H24O/c1-4-5-6-7-13-12(10-11(2)3)8-9-14(13)15/h5-6,11-13H,4,7-10H2,1-3H3/b6-5-/t12-,13?/m1/s1. The molecule has 0 aromatic rings. The van der Waals surface area contributed by atoms with E-state index >= 15 is 0 Å². The van der Waals surface area contributed by atoms with Crippen molar-refractivity contribution in [3.63, 3.8) is 0 Å². The van der Waals surface area contributed by atoms with Gasteiger partial charge in [-0.05, 0) is 37.5 Å². The smallest absolute Gasteiger partial charge is 0.136 e.